The van der Waals surface area contributed by atoms with Crippen LogP contribution in [0.25, 0.3) is 0 Å². The molecule has 0 aliphatic rings. The van der Waals surface area contributed by atoms with E-state index in [0.29, 0.717) is 24.7 Å². The van der Waals surface area contributed by atoms with Gasteiger partial charge in [-0.25, -0.2) is 13.2 Å². The van der Waals surface area contributed by atoms with Gasteiger partial charge in [-0.05, 0) is 54.3 Å². The van der Waals surface area contributed by atoms with Crippen molar-refractivity contribution in [3.05, 3.63) is 59.7 Å². The summed E-state index contributed by atoms with van der Waals surface area (Å²) in [6, 6.07) is 13.0. The van der Waals surface area contributed by atoms with Crippen LogP contribution in [0.3, 0.4) is 0 Å². The largest absolute Gasteiger partial charge is 0.452 e. The maximum absolute atomic E-state index is 12.5. The summed E-state index contributed by atoms with van der Waals surface area (Å²) in [7, 11) is -3.60. The molecule has 8 heteroatoms. The molecule has 0 saturated heterocycles. The lowest BCUT2D eigenvalue weighted by atomic mass is 9.99. The van der Waals surface area contributed by atoms with Gasteiger partial charge in [0.05, 0.1) is 10.5 Å². The Balaban J connectivity index is 1.93. The van der Waals surface area contributed by atoms with E-state index in [2.05, 4.69) is 19.2 Å². The quantitative estimate of drug-likeness (QED) is 0.556. The first-order valence-electron chi connectivity index (χ1n) is 10.4. The molecular formula is C23H30N2O5S. The Labute approximate surface area is 184 Å². The van der Waals surface area contributed by atoms with Crippen LogP contribution in [0.1, 0.15) is 56.0 Å². The maximum atomic E-state index is 12.5. The van der Waals surface area contributed by atoms with Crippen molar-refractivity contribution in [3.63, 3.8) is 0 Å². The average Bonchev–Trinajstić information content (AvgIpc) is 2.78. The molecule has 0 saturated carbocycles. The number of amides is 1. The van der Waals surface area contributed by atoms with Gasteiger partial charge < -0.3 is 10.1 Å². The fourth-order valence-corrected chi connectivity index (χ4v) is 4.48. The molecule has 31 heavy (non-hydrogen) atoms. The summed E-state index contributed by atoms with van der Waals surface area (Å²) >= 11 is 0. The van der Waals surface area contributed by atoms with E-state index in [9.17, 15) is 18.0 Å². The minimum absolute atomic E-state index is 0.103. The Morgan fingerprint density at radius 1 is 0.968 bits per heavy atom. The molecular weight excluding hydrogens is 416 g/mol. The predicted octanol–water partition coefficient (Wildman–Crippen LogP) is 4.03. The normalized spacial score (nSPS) is 12.4. The predicted molar refractivity (Wildman–Crippen MR) is 121 cm³/mol. The van der Waals surface area contributed by atoms with Gasteiger partial charge >= 0.3 is 5.97 Å². The van der Waals surface area contributed by atoms with E-state index in [4.69, 9.17) is 4.74 Å². The first kappa shape index (κ1) is 24.6. The second kappa shape index (κ2) is 11.1. The van der Waals surface area contributed by atoms with Crippen LogP contribution in [0.2, 0.25) is 0 Å². The molecule has 0 aliphatic carbocycles. The lowest BCUT2D eigenvalue weighted by molar-refractivity contribution is -0.119. The number of sulfonamides is 1. The number of carbonyl (C=O) groups excluding carboxylic acids is 2. The number of hydrogen-bond acceptors (Lipinski definition) is 5. The number of benzene rings is 2. The smallest absolute Gasteiger partial charge is 0.338 e. The van der Waals surface area contributed by atoms with Gasteiger partial charge in [-0.3, -0.25) is 4.79 Å². The second-order valence-corrected chi connectivity index (χ2v) is 9.11. The third kappa shape index (κ3) is 6.38. The average molecular weight is 447 g/mol. The van der Waals surface area contributed by atoms with Gasteiger partial charge in [0.15, 0.2) is 6.61 Å². The van der Waals surface area contributed by atoms with Gasteiger partial charge in [0.25, 0.3) is 5.91 Å². The highest BCUT2D eigenvalue weighted by Gasteiger charge is 2.22. The SMILES string of the molecule is CC[C@H](C)c1ccc(NC(=O)COC(=O)c2ccc(S(=O)(=O)N(CC)CC)cc2)cc1. The van der Waals surface area contributed by atoms with E-state index < -0.39 is 28.5 Å². The minimum atomic E-state index is -3.60. The number of nitrogens with zero attached hydrogens (tertiary/aromatic N) is 1. The Morgan fingerprint density at radius 3 is 2.06 bits per heavy atom. The summed E-state index contributed by atoms with van der Waals surface area (Å²) in [6.07, 6.45) is 1.03. The Morgan fingerprint density at radius 2 is 1.55 bits per heavy atom. The van der Waals surface area contributed by atoms with Crippen LogP contribution in [0.4, 0.5) is 5.69 Å². The summed E-state index contributed by atoms with van der Waals surface area (Å²) in [5.41, 5.74) is 1.99. The molecule has 2 aromatic carbocycles. The van der Waals surface area contributed by atoms with Crippen molar-refractivity contribution in [1.29, 1.82) is 0 Å². The highest BCUT2D eigenvalue weighted by molar-refractivity contribution is 7.89. The van der Waals surface area contributed by atoms with Crippen LogP contribution >= 0.6 is 0 Å². The molecule has 0 fully saturated rings. The van der Waals surface area contributed by atoms with Crippen molar-refractivity contribution in [2.75, 3.05) is 25.0 Å². The molecule has 1 atom stereocenters. The lowest BCUT2D eigenvalue weighted by Gasteiger charge is -2.18. The topological polar surface area (TPSA) is 92.8 Å². The zero-order chi connectivity index (χ0) is 23.0. The molecule has 2 rings (SSSR count). The van der Waals surface area contributed by atoms with Gasteiger partial charge in [0.1, 0.15) is 0 Å². The molecule has 0 heterocycles. The summed E-state index contributed by atoms with van der Waals surface area (Å²) in [6.45, 7) is 8.06. The summed E-state index contributed by atoms with van der Waals surface area (Å²) < 4.78 is 31.4. The van der Waals surface area contributed by atoms with Gasteiger partial charge in [0, 0.05) is 18.8 Å². The first-order chi connectivity index (χ1) is 14.7. The van der Waals surface area contributed by atoms with Crippen molar-refractivity contribution < 1.29 is 22.7 Å². The van der Waals surface area contributed by atoms with Crippen LogP contribution < -0.4 is 5.32 Å². The maximum Gasteiger partial charge on any atom is 0.338 e. The zero-order valence-electron chi connectivity index (χ0n) is 18.4. The monoisotopic (exact) mass is 446 g/mol. The Hall–Kier alpha value is -2.71. The highest BCUT2D eigenvalue weighted by atomic mass is 32.2. The molecule has 1 amide bonds. The van der Waals surface area contributed by atoms with E-state index in [-0.39, 0.29) is 10.5 Å². The minimum Gasteiger partial charge on any atom is -0.452 e. The van der Waals surface area contributed by atoms with Crippen molar-refractivity contribution in [2.24, 2.45) is 0 Å². The second-order valence-electron chi connectivity index (χ2n) is 7.17. The zero-order valence-corrected chi connectivity index (χ0v) is 19.2. The summed E-state index contributed by atoms with van der Waals surface area (Å²) in [5.74, 6) is -0.710. The molecule has 0 bridgehead atoms. The molecule has 1 N–H and O–H groups in total. The van der Waals surface area contributed by atoms with Gasteiger partial charge in [-0.1, -0.05) is 39.8 Å². The molecule has 2 aromatic rings. The third-order valence-electron chi connectivity index (χ3n) is 5.14. The first-order valence-corrected chi connectivity index (χ1v) is 11.8. The number of anilines is 1. The number of carbonyl (C=O) groups is 2. The van der Waals surface area contributed by atoms with E-state index in [1.165, 1.54) is 34.1 Å². The number of esters is 1. The molecule has 0 unspecified atom stereocenters. The van der Waals surface area contributed by atoms with Crippen molar-refractivity contribution in [3.8, 4) is 0 Å². The Bertz CT molecular complexity index is 982. The van der Waals surface area contributed by atoms with Crippen molar-refractivity contribution in [1.82, 2.24) is 4.31 Å². The number of rotatable bonds is 10. The number of hydrogen-bond donors (Lipinski definition) is 1. The molecule has 0 aromatic heterocycles. The van der Waals surface area contributed by atoms with Gasteiger partial charge in [-0.2, -0.15) is 4.31 Å². The van der Waals surface area contributed by atoms with Crippen molar-refractivity contribution in [2.45, 2.75) is 44.9 Å². The van der Waals surface area contributed by atoms with Gasteiger partial charge in [-0.15, -0.1) is 0 Å². The van der Waals surface area contributed by atoms with Crippen LogP contribution in [0, 0.1) is 0 Å². The highest BCUT2D eigenvalue weighted by Crippen LogP contribution is 2.20. The molecule has 0 radical (unpaired) electrons. The van der Waals surface area contributed by atoms with E-state index in [1.54, 1.807) is 13.8 Å². The van der Waals surface area contributed by atoms with Crippen LogP contribution in [0.5, 0.6) is 0 Å². The summed E-state index contributed by atoms with van der Waals surface area (Å²) in [4.78, 5) is 24.4. The van der Waals surface area contributed by atoms with E-state index in [0.717, 1.165) is 6.42 Å². The van der Waals surface area contributed by atoms with Crippen LogP contribution in [-0.2, 0) is 19.6 Å². The molecule has 0 spiro atoms. The van der Waals surface area contributed by atoms with E-state index in [1.807, 2.05) is 24.3 Å². The molecule has 168 valence electrons. The molecule has 0 aliphatic heterocycles. The molecule has 7 nitrogen and oxygen atoms in total. The summed E-state index contributed by atoms with van der Waals surface area (Å²) in [5, 5.41) is 2.69. The fraction of sp³-hybridized carbons (Fsp3) is 0.391. The standard InChI is InChI=1S/C23H30N2O5S/c1-5-17(4)18-8-12-20(13-9-18)24-22(26)16-30-23(27)19-10-14-21(15-11-19)31(28,29)25(6-2)7-3/h8-15,17H,5-7,16H2,1-4H3,(H,24,26)/t17-/m0/s1. The fourth-order valence-electron chi connectivity index (χ4n) is 3.02. The van der Waals surface area contributed by atoms with Crippen LogP contribution in [0.15, 0.2) is 53.4 Å². The van der Waals surface area contributed by atoms with Crippen molar-refractivity contribution >= 4 is 27.6 Å². The number of ether oxygens (including phenoxy) is 1. The third-order valence-corrected chi connectivity index (χ3v) is 7.21. The van der Waals surface area contributed by atoms with Crippen LogP contribution in [-0.4, -0.2) is 44.3 Å². The lowest BCUT2D eigenvalue weighted by Crippen LogP contribution is -2.30. The Kier molecular flexibility index (Phi) is 8.76. The van der Waals surface area contributed by atoms with Gasteiger partial charge in [0.2, 0.25) is 10.0 Å². The number of nitrogens with one attached hydrogen (secondary N) is 1. The van der Waals surface area contributed by atoms with E-state index >= 15 is 0 Å².